The lowest BCUT2D eigenvalue weighted by molar-refractivity contribution is 0.0716. The highest BCUT2D eigenvalue weighted by atomic mass is 16.3. The molecule has 2 heterocycles. The van der Waals surface area contributed by atoms with Crippen LogP contribution in [0, 0.1) is 0 Å². The molecule has 0 unspecified atom stereocenters. The maximum atomic E-state index is 13.5. The average molecular weight is 382 g/mol. The van der Waals surface area contributed by atoms with E-state index in [-0.39, 0.29) is 11.7 Å². The normalized spacial score (nSPS) is 13.7. The van der Waals surface area contributed by atoms with Crippen molar-refractivity contribution >= 4 is 16.8 Å². The van der Waals surface area contributed by atoms with E-state index in [4.69, 9.17) is 0 Å². The van der Waals surface area contributed by atoms with Crippen molar-refractivity contribution in [3.63, 3.8) is 0 Å². The van der Waals surface area contributed by atoms with Crippen LogP contribution in [0.3, 0.4) is 0 Å². The van der Waals surface area contributed by atoms with E-state index in [1.165, 1.54) is 0 Å². The fraction of sp³-hybridized carbons (Fsp3) is 0.160. The van der Waals surface area contributed by atoms with Gasteiger partial charge in [-0.1, -0.05) is 60.7 Å². The highest BCUT2D eigenvalue weighted by molar-refractivity contribution is 6.03. The van der Waals surface area contributed by atoms with Crippen molar-refractivity contribution in [1.82, 2.24) is 9.47 Å². The number of phenolic OH excluding ortho intramolecular Hbond substituents is 1. The third-order valence-electron chi connectivity index (χ3n) is 5.66. The summed E-state index contributed by atoms with van der Waals surface area (Å²) in [5.74, 6) is 0.316. The molecule has 1 aromatic heterocycles. The maximum Gasteiger partial charge on any atom is 0.271 e. The Hall–Kier alpha value is -3.53. The van der Waals surface area contributed by atoms with Crippen LogP contribution in [0.25, 0.3) is 10.9 Å². The number of amides is 1. The van der Waals surface area contributed by atoms with Crippen LogP contribution in [0.4, 0.5) is 0 Å². The predicted octanol–water partition coefficient (Wildman–Crippen LogP) is 4.59. The second kappa shape index (κ2) is 7.13. The second-order valence-electron chi connectivity index (χ2n) is 7.56. The van der Waals surface area contributed by atoms with Crippen molar-refractivity contribution < 1.29 is 9.90 Å². The first kappa shape index (κ1) is 17.6. The lowest BCUT2D eigenvalue weighted by Crippen LogP contribution is -2.38. The van der Waals surface area contributed by atoms with Crippen LogP contribution in [-0.4, -0.2) is 27.0 Å². The Morgan fingerprint density at radius 2 is 1.59 bits per heavy atom. The molecule has 4 nitrogen and oxygen atoms in total. The Balaban J connectivity index is 1.58. The lowest BCUT2D eigenvalue weighted by atomic mass is 10.0. The van der Waals surface area contributed by atoms with Crippen LogP contribution in [-0.2, 0) is 19.5 Å². The fourth-order valence-corrected chi connectivity index (χ4v) is 4.33. The molecule has 1 aliphatic rings. The number of aromatic hydroxyl groups is 1. The first-order chi connectivity index (χ1) is 14.2. The molecule has 0 atom stereocenters. The van der Waals surface area contributed by atoms with Gasteiger partial charge in [0.25, 0.3) is 5.91 Å². The number of aromatic nitrogens is 1. The third-order valence-corrected chi connectivity index (χ3v) is 5.66. The number of carbonyl (C=O) groups excluding carboxylic acids is 1. The summed E-state index contributed by atoms with van der Waals surface area (Å²) in [6.45, 7) is 1.89. The summed E-state index contributed by atoms with van der Waals surface area (Å²) in [4.78, 5) is 15.5. The Morgan fingerprint density at radius 1 is 0.828 bits per heavy atom. The van der Waals surface area contributed by atoms with Crippen LogP contribution >= 0.6 is 0 Å². The Morgan fingerprint density at radius 3 is 2.41 bits per heavy atom. The minimum Gasteiger partial charge on any atom is -0.508 e. The second-order valence-corrected chi connectivity index (χ2v) is 7.56. The van der Waals surface area contributed by atoms with E-state index < -0.39 is 0 Å². The van der Waals surface area contributed by atoms with Gasteiger partial charge in [0.15, 0.2) is 0 Å². The van der Waals surface area contributed by atoms with Gasteiger partial charge < -0.3 is 14.6 Å². The Labute approximate surface area is 169 Å². The molecule has 1 amide bonds. The minimum atomic E-state index is 0.0754. The van der Waals surface area contributed by atoms with Crippen LogP contribution < -0.4 is 0 Å². The predicted molar refractivity (Wildman–Crippen MR) is 114 cm³/mol. The van der Waals surface area contributed by atoms with Crippen molar-refractivity contribution in [2.45, 2.75) is 19.5 Å². The van der Waals surface area contributed by atoms with E-state index in [1.54, 1.807) is 12.1 Å². The summed E-state index contributed by atoms with van der Waals surface area (Å²) in [6.07, 6.45) is 0.849. The molecular formula is C25H22N2O2. The number of hydrogen-bond acceptors (Lipinski definition) is 2. The van der Waals surface area contributed by atoms with Crippen molar-refractivity contribution in [3.05, 3.63) is 101 Å². The molecule has 4 aromatic rings. The summed E-state index contributed by atoms with van der Waals surface area (Å²) in [6, 6.07) is 25.6. The van der Waals surface area contributed by atoms with Gasteiger partial charge in [-0.3, -0.25) is 4.79 Å². The molecule has 1 aliphatic heterocycles. The number of benzene rings is 3. The zero-order valence-corrected chi connectivity index (χ0v) is 16.1. The number of phenols is 1. The van der Waals surface area contributed by atoms with Crippen molar-refractivity contribution in [1.29, 1.82) is 0 Å². The molecule has 0 saturated heterocycles. The first-order valence-corrected chi connectivity index (χ1v) is 9.92. The van der Waals surface area contributed by atoms with Gasteiger partial charge in [0.05, 0.1) is 0 Å². The summed E-state index contributed by atoms with van der Waals surface area (Å²) in [5, 5.41) is 11.0. The zero-order valence-electron chi connectivity index (χ0n) is 16.1. The lowest BCUT2D eigenvalue weighted by Gasteiger charge is -2.28. The standard InChI is InChI=1S/C25H22N2O2/c28-20-10-6-9-19(15-20)17-27-23-12-5-4-11-21(23)22-13-14-26(25(29)24(22)27)16-18-7-2-1-3-8-18/h1-12,15,28H,13-14,16-17H2. The Bertz CT molecular complexity index is 1190. The summed E-state index contributed by atoms with van der Waals surface area (Å²) in [5.41, 5.74) is 5.09. The molecule has 0 spiro atoms. The van der Waals surface area contributed by atoms with E-state index in [0.717, 1.165) is 46.3 Å². The number of para-hydroxylation sites is 1. The smallest absolute Gasteiger partial charge is 0.271 e. The monoisotopic (exact) mass is 382 g/mol. The quantitative estimate of drug-likeness (QED) is 0.561. The SMILES string of the molecule is O=C1c2c(c3ccccc3n2Cc2cccc(O)c2)CCN1Cc1ccccc1. The molecular weight excluding hydrogens is 360 g/mol. The van der Waals surface area contributed by atoms with Gasteiger partial charge in [0.2, 0.25) is 0 Å². The highest BCUT2D eigenvalue weighted by Crippen LogP contribution is 2.32. The van der Waals surface area contributed by atoms with Crippen molar-refractivity contribution in [2.24, 2.45) is 0 Å². The van der Waals surface area contributed by atoms with Crippen molar-refractivity contribution in [2.75, 3.05) is 6.54 Å². The summed E-state index contributed by atoms with van der Waals surface area (Å²) in [7, 11) is 0. The Kier molecular flexibility index (Phi) is 4.32. The number of carbonyl (C=O) groups is 1. The van der Waals surface area contributed by atoms with Gasteiger partial charge in [-0.2, -0.15) is 0 Å². The van der Waals surface area contributed by atoms with Crippen LogP contribution in [0.15, 0.2) is 78.9 Å². The molecule has 3 aromatic carbocycles. The number of hydrogen-bond donors (Lipinski definition) is 1. The molecule has 0 radical (unpaired) electrons. The first-order valence-electron chi connectivity index (χ1n) is 9.92. The van der Waals surface area contributed by atoms with E-state index in [1.807, 2.05) is 47.4 Å². The molecule has 0 bridgehead atoms. The minimum absolute atomic E-state index is 0.0754. The topological polar surface area (TPSA) is 45.5 Å². The number of rotatable bonds is 4. The molecule has 0 aliphatic carbocycles. The fourth-order valence-electron chi connectivity index (χ4n) is 4.33. The molecule has 4 heteroatoms. The molecule has 29 heavy (non-hydrogen) atoms. The van der Waals surface area contributed by atoms with Gasteiger partial charge >= 0.3 is 0 Å². The molecule has 144 valence electrons. The van der Waals surface area contributed by atoms with E-state index >= 15 is 0 Å². The largest absolute Gasteiger partial charge is 0.508 e. The third kappa shape index (κ3) is 3.17. The van der Waals surface area contributed by atoms with Crippen LogP contribution in [0.2, 0.25) is 0 Å². The highest BCUT2D eigenvalue weighted by Gasteiger charge is 2.30. The van der Waals surface area contributed by atoms with Gasteiger partial charge in [-0.25, -0.2) is 0 Å². The van der Waals surface area contributed by atoms with Crippen molar-refractivity contribution in [3.8, 4) is 5.75 Å². The van der Waals surface area contributed by atoms with E-state index in [9.17, 15) is 9.90 Å². The van der Waals surface area contributed by atoms with Gasteiger partial charge in [-0.15, -0.1) is 0 Å². The van der Waals surface area contributed by atoms with Crippen LogP contribution in [0.1, 0.15) is 27.2 Å². The van der Waals surface area contributed by atoms with Gasteiger partial charge in [0, 0.05) is 30.5 Å². The maximum absolute atomic E-state index is 13.5. The molecule has 0 saturated carbocycles. The molecule has 0 fully saturated rings. The number of fused-ring (bicyclic) bond motifs is 3. The van der Waals surface area contributed by atoms with E-state index in [2.05, 4.69) is 28.8 Å². The summed E-state index contributed by atoms with van der Waals surface area (Å²) >= 11 is 0. The van der Waals surface area contributed by atoms with Gasteiger partial charge in [0.1, 0.15) is 11.4 Å². The average Bonchev–Trinajstić information content (AvgIpc) is 3.05. The molecule has 1 N–H and O–H groups in total. The number of nitrogens with zero attached hydrogens (tertiary/aromatic N) is 2. The molecule has 5 rings (SSSR count). The van der Waals surface area contributed by atoms with E-state index in [0.29, 0.717) is 13.1 Å². The van der Waals surface area contributed by atoms with Gasteiger partial charge in [-0.05, 0) is 41.3 Å². The zero-order chi connectivity index (χ0) is 19.8. The summed E-state index contributed by atoms with van der Waals surface area (Å²) < 4.78 is 2.11. The van der Waals surface area contributed by atoms with Crippen LogP contribution in [0.5, 0.6) is 5.75 Å².